The summed E-state index contributed by atoms with van der Waals surface area (Å²) in [6, 6.07) is 12.9. The van der Waals surface area contributed by atoms with Crippen molar-refractivity contribution in [3.8, 4) is 0 Å². The Morgan fingerprint density at radius 3 is 2.63 bits per heavy atom. The molecule has 0 aliphatic rings. The van der Waals surface area contributed by atoms with Crippen molar-refractivity contribution in [1.82, 2.24) is 20.1 Å². The Kier molecular flexibility index (Phi) is 9.28. The van der Waals surface area contributed by atoms with Gasteiger partial charge in [0.15, 0.2) is 11.0 Å². The van der Waals surface area contributed by atoms with Gasteiger partial charge in [0.1, 0.15) is 0 Å². The topological polar surface area (TPSA) is 88.9 Å². The van der Waals surface area contributed by atoms with E-state index in [1.54, 1.807) is 12.1 Å². The van der Waals surface area contributed by atoms with Gasteiger partial charge >= 0.3 is 0 Å². The number of halogens is 1. The number of aryl methyl sites for hydroxylation is 1. The van der Waals surface area contributed by atoms with Gasteiger partial charge in [0.2, 0.25) is 5.91 Å². The molecule has 0 fully saturated rings. The molecule has 2 amide bonds. The van der Waals surface area contributed by atoms with Gasteiger partial charge in [0.05, 0.1) is 11.8 Å². The number of hydrogen-bond acceptors (Lipinski definition) is 5. The highest BCUT2D eigenvalue weighted by atomic mass is 79.9. The van der Waals surface area contributed by atoms with Crippen molar-refractivity contribution in [2.45, 2.75) is 51.4 Å². The van der Waals surface area contributed by atoms with E-state index < -0.39 is 0 Å². The minimum absolute atomic E-state index is 0.130. The molecular weight excluding hydrogens is 526 g/mol. The van der Waals surface area contributed by atoms with Crippen LogP contribution >= 0.6 is 27.7 Å². The fourth-order valence-electron chi connectivity index (χ4n) is 3.60. The first-order valence-corrected chi connectivity index (χ1v) is 13.1. The Morgan fingerprint density at radius 2 is 1.94 bits per heavy atom. The molecule has 3 aromatic rings. The molecule has 0 spiro atoms. The highest BCUT2D eigenvalue weighted by Gasteiger charge is 2.21. The summed E-state index contributed by atoms with van der Waals surface area (Å²) in [4.78, 5) is 25.4. The number of allylic oxidation sites excluding steroid dienone is 1. The minimum atomic E-state index is -0.380. The number of thioether (sulfide) groups is 1. The van der Waals surface area contributed by atoms with Crippen LogP contribution in [0.1, 0.15) is 60.0 Å². The van der Waals surface area contributed by atoms with Gasteiger partial charge < -0.3 is 15.2 Å². The lowest BCUT2D eigenvalue weighted by Gasteiger charge is -2.16. The van der Waals surface area contributed by atoms with Crippen LogP contribution in [0, 0.1) is 6.92 Å². The Hall–Kier alpha value is -2.91. The highest BCUT2D eigenvalue weighted by molar-refractivity contribution is 9.10. The number of benzene rings is 2. The van der Waals surface area contributed by atoms with E-state index in [4.69, 9.17) is 0 Å². The molecule has 7 nitrogen and oxygen atoms in total. The number of anilines is 1. The van der Waals surface area contributed by atoms with Gasteiger partial charge in [-0.1, -0.05) is 65.3 Å². The van der Waals surface area contributed by atoms with Crippen LogP contribution in [0.4, 0.5) is 5.69 Å². The second-order valence-corrected chi connectivity index (χ2v) is 10.4. The van der Waals surface area contributed by atoms with Crippen LogP contribution < -0.4 is 10.6 Å². The lowest BCUT2D eigenvalue weighted by atomic mass is 10.0. The fraction of sp³-hybridized carbons (Fsp3) is 0.308. The molecule has 1 aromatic heterocycles. The summed E-state index contributed by atoms with van der Waals surface area (Å²) in [5.74, 6) is 0.731. The monoisotopic (exact) mass is 555 g/mol. The average molecular weight is 557 g/mol. The maximum Gasteiger partial charge on any atom is 0.251 e. The number of aromatic nitrogens is 3. The Balaban J connectivity index is 1.69. The number of carbonyl (C=O) groups is 2. The first kappa shape index (κ1) is 26.7. The lowest BCUT2D eigenvalue weighted by molar-refractivity contribution is -0.113. The molecule has 0 bridgehead atoms. The quantitative estimate of drug-likeness (QED) is 0.241. The number of nitrogens with zero attached hydrogens (tertiary/aromatic N) is 3. The van der Waals surface area contributed by atoms with E-state index in [0.29, 0.717) is 23.1 Å². The first-order valence-electron chi connectivity index (χ1n) is 11.3. The summed E-state index contributed by atoms with van der Waals surface area (Å²) in [5.41, 5.74) is 3.47. The van der Waals surface area contributed by atoms with Crippen molar-refractivity contribution in [2.75, 3.05) is 11.1 Å². The smallest absolute Gasteiger partial charge is 0.251 e. The van der Waals surface area contributed by atoms with Crippen molar-refractivity contribution < 1.29 is 9.59 Å². The zero-order valence-electron chi connectivity index (χ0n) is 20.3. The predicted octanol–water partition coefficient (Wildman–Crippen LogP) is 5.88. The van der Waals surface area contributed by atoms with Crippen LogP contribution in [-0.2, 0) is 11.3 Å². The standard InChI is InChI=1S/C26H30BrN5O2S/c1-6-12-32-24(18(5)28-25(34)19-9-7-8-17(4)13-19)30-31-26(32)35-15-23(33)29-22-11-10-20(27)14-21(22)16(2)3/h6-11,13-14,16,18H,1,12,15H2,2-5H3,(H,28,34)(H,29,33)/t18-/m1/s1. The van der Waals surface area contributed by atoms with Crippen LogP contribution in [0.3, 0.4) is 0 Å². The molecule has 2 aromatic carbocycles. The Labute approximate surface area is 218 Å². The van der Waals surface area contributed by atoms with Crippen LogP contribution in [0.15, 0.2) is 64.7 Å². The number of amides is 2. The summed E-state index contributed by atoms with van der Waals surface area (Å²) in [6.07, 6.45) is 1.74. The highest BCUT2D eigenvalue weighted by Crippen LogP contribution is 2.28. The molecule has 0 aliphatic heterocycles. The van der Waals surface area contributed by atoms with Crippen molar-refractivity contribution in [2.24, 2.45) is 0 Å². The summed E-state index contributed by atoms with van der Waals surface area (Å²) < 4.78 is 2.84. The van der Waals surface area contributed by atoms with E-state index in [0.717, 1.165) is 21.3 Å². The van der Waals surface area contributed by atoms with Crippen LogP contribution in [0.2, 0.25) is 0 Å². The zero-order chi connectivity index (χ0) is 25.5. The minimum Gasteiger partial charge on any atom is -0.342 e. The Morgan fingerprint density at radius 1 is 1.17 bits per heavy atom. The molecule has 0 saturated carbocycles. The summed E-state index contributed by atoms with van der Waals surface area (Å²) >= 11 is 4.79. The average Bonchev–Trinajstić information content (AvgIpc) is 3.21. The number of hydrogen-bond donors (Lipinski definition) is 2. The van der Waals surface area contributed by atoms with Crippen molar-refractivity contribution in [1.29, 1.82) is 0 Å². The van der Waals surface area contributed by atoms with Crippen LogP contribution in [-0.4, -0.2) is 32.3 Å². The molecule has 0 radical (unpaired) electrons. The van der Waals surface area contributed by atoms with Gasteiger partial charge in [-0.05, 0) is 55.7 Å². The number of carbonyl (C=O) groups excluding carboxylic acids is 2. The van der Waals surface area contributed by atoms with E-state index in [2.05, 4.69) is 57.2 Å². The maximum absolute atomic E-state index is 12.7. The third kappa shape index (κ3) is 7.05. The van der Waals surface area contributed by atoms with Crippen LogP contribution in [0.5, 0.6) is 0 Å². The van der Waals surface area contributed by atoms with Gasteiger partial charge in [0.25, 0.3) is 5.91 Å². The predicted molar refractivity (Wildman–Crippen MR) is 145 cm³/mol. The van der Waals surface area contributed by atoms with Crippen LogP contribution in [0.25, 0.3) is 0 Å². The maximum atomic E-state index is 12.7. The normalized spacial score (nSPS) is 11.8. The molecule has 3 rings (SSSR count). The lowest BCUT2D eigenvalue weighted by Crippen LogP contribution is -2.29. The van der Waals surface area contributed by atoms with Crippen molar-refractivity contribution in [3.63, 3.8) is 0 Å². The zero-order valence-corrected chi connectivity index (χ0v) is 22.7. The third-order valence-electron chi connectivity index (χ3n) is 5.31. The summed E-state index contributed by atoms with van der Waals surface area (Å²) in [6.45, 7) is 12.3. The molecule has 2 N–H and O–H groups in total. The second kappa shape index (κ2) is 12.2. The van der Waals surface area contributed by atoms with Gasteiger partial charge in [-0.2, -0.15) is 0 Å². The number of nitrogens with one attached hydrogen (secondary N) is 2. The van der Waals surface area contributed by atoms with E-state index in [-0.39, 0.29) is 29.5 Å². The SMILES string of the molecule is C=CCn1c(SCC(=O)Nc2ccc(Br)cc2C(C)C)nnc1[C@@H](C)NC(=O)c1cccc(C)c1. The second-order valence-electron chi connectivity index (χ2n) is 8.53. The van der Waals surface area contributed by atoms with E-state index >= 15 is 0 Å². The molecule has 1 heterocycles. The van der Waals surface area contributed by atoms with E-state index in [1.165, 1.54) is 11.8 Å². The molecule has 9 heteroatoms. The summed E-state index contributed by atoms with van der Waals surface area (Å²) in [5, 5.41) is 15.2. The van der Waals surface area contributed by atoms with Crippen molar-refractivity contribution >= 4 is 45.2 Å². The first-order chi connectivity index (χ1) is 16.7. The van der Waals surface area contributed by atoms with Gasteiger partial charge in [0, 0.05) is 22.3 Å². The molecule has 0 saturated heterocycles. The summed E-state index contributed by atoms with van der Waals surface area (Å²) in [7, 11) is 0. The molecular formula is C26H30BrN5O2S. The molecule has 1 atom stereocenters. The van der Waals surface area contributed by atoms with Crippen molar-refractivity contribution in [3.05, 3.63) is 82.1 Å². The van der Waals surface area contributed by atoms with E-state index in [9.17, 15) is 9.59 Å². The van der Waals surface area contributed by atoms with Gasteiger partial charge in [-0.3, -0.25) is 9.59 Å². The molecule has 0 aliphatic carbocycles. The molecule has 35 heavy (non-hydrogen) atoms. The van der Waals surface area contributed by atoms with E-state index in [1.807, 2.05) is 54.8 Å². The molecule has 0 unspecified atom stereocenters. The largest absolute Gasteiger partial charge is 0.342 e. The Bertz CT molecular complexity index is 1220. The number of rotatable bonds is 10. The van der Waals surface area contributed by atoms with Gasteiger partial charge in [-0.15, -0.1) is 16.8 Å². The molecule has 184 valence electrons. The fourth-order valence-corrected chi connectivity index (χ4v) is 4.73. The third-order valence-corrected chi connectivity index (χ3v) is 6.77. The van der Waals surface area contributed by atoms with Gasteiger partial charge in [-0.25, -0.2) is 0 Å².